The van der Waals surface area contributed by atoms with Crippen LogP contribution in [0.1, 0.15) is 52.0 Å². The molecule has 8 nitrogen and oxygen atoms in total. The zero-order valence-corrected chi connectivity index (χ0v) is 21.3. The molecule has 3 rings (SSSR count). The van der Waals surface area contributed by atoms with E-state index in [1.54, 1.807) is 6.20 Å². The summed E-state index contributed by atoms with van der Waals surface area (Å²) in [5.41, 5.74) is 1.13. The molecule has 1 aromatic carbocycles. The van der Waals surface area contributed by atoms with Crippen LogP contribution in [0.2, 0.25) is 0 Å². The van der Waals surface area contributed by atoms with E-state index in [1.165, 1.54) is 12.8 Å². The van der Waals surface area contributed by atoms with Crippen LogP contribution in [0, 0.1) is 12.8 Å². The van der Waals surface area contributed by atoms with Crippen LogP contribution < -0.4 is 20.8 Å². The van der Waals surface area contributed by atoms with Gasteiger partial charge in [-0.15, -0.1) is 0 Å². The fourth-order valence-electron chi connectivity index (χ4n) is 3.60. The van der Waals surface area contributed by atoms with Gasteiger partial charge in [0.25, 0.3) is 0 Å². The lowest BCUT2D eigenvalue weighted by Gasteiger charge is -2.25. The highest BCUT2D eigenvalue weighted by Crippen LogP contribution is 2.22. The van der Waals surface area contributed by atoms with Gasteiger partial charge in [0.1, 0.15) is 5.82 Å². The third-order valence-corrected chi connectivity index (χ3v) is 5.71. The third-order valence-electron chi connectivity index (χ3n) is 5.71. The summed E-state index contributed by atoms with van der Waals surface area (Å²) in [5.74, 6) is 2.44. The summed E-state index contributed by atoms with van der Waals surface area (Å²) in [4.78, 5) is 20.0. The second-order valence-corrected chi connectivity index (χ2v) is 9.51. The Balaban J connectivity index is 1.40. The molecule has 0 fully saturated rings. The van der Waals surface area contributed by atoms with Crippen molar-refractivity contribution in [2.75, 3.05) is 23.8 Å². The van der Waals surface area contributed by atoms with Crippen LogP contribution in [-0.4, -0.2) is 40.0 Å². The molecule has 2 unspecified atom stereocenters. The van der Waals surface area contributed by atoms with Gasteiger partial charge in [-0.25, -0.2) is 4.98 Å². The average Bonchev–Trinajstić information content (AvgIpc) is 2.86. The van der Waals surface area contributed by atoms with E-state index in [4.69, 9.17) is 9.78 Å². The van der Waals surface area contributed by atoms with Crippen LogP contribution in [0.25, 0.3) is 0 Å². The number of unbranched alkanes of at least 4 members (excludes halogenated alkanes) is 1. The minimum Gasteiger partial charge on any atom is -0.394 e. The summed E-state index contributed by atoms with van der Waals surface area (Å²) in [6.07, 6.45) is 15.2. The molecule has 2 aromatic rings. The van der Waals surface area contributed by atoms with Crippen molar-refractivity contribution in [3.63, 3.8) is 0 Å². The van der Waals surface area contributed by atoms with Crippen molar-refractivity contribution in [1.29, 1.82) is 0 Å². The van der Waals surface area contributed by atoms with Gasteiger partial charge in [-0.05, 0) is 83.7 Å². The molecule has 35 heavy (non-hydrogen) atoms. The summed E-state index contributed by atoms with van der Waals surface area (Å²) in [7, 11) is 0. The van der Waals surface area contributed by atoms with Gasteiger partial charge >= 0.3 is 0 Å². The maximum atomic E-state index is 9.27. The van der Waals surface area contributed by atoms with E-state index in [0.29, 0.717) is 23.4 Å². The number of nitrogens with one attached hydrogen (secondary N) is 3. The van der Waals surface area contributed by atoms with E-state index in [9.17, 15) is 5.11 Å². The lowest BCUT2D eigenvalue weighted by Crippen LogP contribution is -2.43. The Kier molecular flexibility index (Phi) is 10.1. The number of hydrogen-bond acceptors (Lipinski definition) is 8. The SMILES string of the molecule is Cc1cnc(Nc2ccc(OOC(C)(C)NCCCCC3C=CC=CC3)cc2)nc1NC(C)CO. The van der Waals surface area contributed by atoms with Crippen molar-refractivity contribution in [2.24, 2.45) is 5.92 Å². The van der Waals surface area contributed by atoms with Crippen LogP contribution in [0.5, 0.6) is 5.75 Å². The first-order valence-corrected chi connectivity index (χ1v) is 12.4. The first kappa shape index (κ1) is 26.7. The van der Waals surface area contributed by atoms with E-state index < -0.39 is 5.72 Å². The summed E-state index contributed by atoms with van der Waals surface area (Å²) < 4.78 is 0. The largest absolute Gasteiger partial charge is 0.394 e. The number of aliphatic hydroxyl groups excluding tert-OH is 1. The van der Waals surface area contributed by atoms with Crippen molar-refractivity contribution in [2.45, 2.75) is 65.1 Å². The Hall–Kier alpha value is -2.94. The topological polar surface area (TPSA) is 101 Å². The summed E-state index contributed by atoms with van der Waals surface area (Å²) in [6, 6.07) is 7.31. The lowest BCUT2D eigenvalue weighted by molar-refractivity contribution is -0.290. The van der Waals surface area contributed by atoms with Gasteiger partial charge < -0.3 is 20.6 Å². The summed E-state index contributed by atoms with van der Waals surface area (Å²) in [6.45, 7) is 8.62. The smallest absolute Gasteiger partial charge is 0.229 e. The lowest BCUT2D eigenvalue weighted by atomic mass is 9.95. The van der Waals surface area contributed by atoms with Crippen molar-refractivity contribution >= 4 is 17.5 Å². The second kappa shape index (κ2) is 13.2. The Bertz CT molecular complexity index is 975. The maximum absolute atomic E-state index is 9.27. The molecular weight excluding hydrogens is 442 g/mol. The minimum absolute atomic E-state index is 0.0261. The van der Waals surface area contributed by atoms with Gasteiger partial charge in [-0.2, -0.15) is 9.87 Å². The standard InChI is InChI=1S/C27H39N5O3/c1-20-18-28-26(32-25(20)30-21(2)19-33)31-23-13-15-24(16-14-23)34-35-27(3,4)29-17-9-8-12-22-10-6-5-7-11-22/h5-7,10,13-16,18,21-22,29,33H,8-9,11-12,17,19H2,1-4H3,(H2,28,30,31,32). The van der Waals surface area contributed by atoms with Crippen LogP contribution in [0.15, 0.2) is 54.8 Å². The van der Waals surface area contributed by atoms with Gasteiger partial charge in [-0.3, -0.25) is 5.32 Å². The van der Waals surface area contributed by atoms with Crippen molar-refractivity contribution in [3.8, 4) is 5.75 Å². The number of rotatable bonds is 14. The van der Waals surface area contributed by atoms with Crippen LogP contribution >= 0.6 is 0 Å². The number of aliphatic hydroxyl groups is 1. The molecule has 0 aliphatic heterocycles. The van der Waals surface area contributed by atoms with E-state index in [-0.39, 0.29) is 12.6 Å². The first-order chi connectivity index (χ1) is 16.8. The first-order valence-electron chi connectivity index (χ1n) is 12.4. The number of allylic oxidation sites excluding steroid dienone is 4. The number of anilines is 3. The molecule has 0 bridgehead atoms. The molecule has 0 spiro atoms. The normalized spacial score (nSPS) is 16.2. The molecular formula is C27H39N5O3. The Morgan fingerprint density at radius 2 is 1.97 bits per heavy atom. The van der Waals surface area contributed by atoms with Crippen LogP contribution in [0.3, 0.4) is 0 Å². The Morgan fingerprint density at radius 3 is 2.69 bits per heavy atom. The molecule has 0 amide bonds. The number of benzene rings is 1. The molecule has 4 N–H and O–H groups in total. The Labute approximate surface area is 208 Å². The average molecular weight is 482 g/mol. The van der Waals surface area contributed by atoms with Crippen LogP contribution in [0.4, 0.5) is 17.5 Å². The third kappa shape index (κ3) is 9.32. The van der Waals surface area contributed by atoms with Gasteiger partial charge in [0.15, 0.2) is 11.5 Å². The fraction of sp³-hybridized carbons (Fsp3) is 0.481. The minimum atomic E-state index is -0.602. The summed E-state index contributed by atoms with van der Waals surface area (Å²) in [5, 5.41) is 19.0. The van der Waals surface area contributed by atoms with E-state index in [1.807, 2.05) is 52.0 Å². The summed E-state index contributed by atoms with van der Waals surface area (Å²) >= 11 is 0. The van der Waals surface area contributed by atoms with Crippen molar-refractivity contribution in [3.05, 3.63) is 60.3 Å². The van der Waals surface area contributed by atoms with E-state index in [0.717, 1.165) is 30.6 Å². The molecule has 1 heterocycles. The Morgan fingerprint density at radius 1 is 1.17 bits per heavy atom. The molecule has 0 saturated carbocycles. The molecule has 0 radical (unpaired) electrons. The number of hydrogen-bond donors (Lipinski definition) is 4. The second-order valence-electron chi connectivity index (χ2n) is 9.51. The van der Waals surface area contributed by atoms with Crippen molar-refractivity contribution in [1.82, 2.24) is 15.3 Å². The van der Waals surface area contributed by atoms with Crippen molar-refractivity contribution < 1.29 is 14.9 Å². The molecule has 0 saturated heterocycles. The molecule has 8 heteroatoms. The highest BCUT2D eigenvalue weighted by Gasteiger charge is 2.19. The van der Waals surface area contributed by atoms with E-state index >= 15 is 0 Å². The zero-order chi connectivity index (χ0) is 25.1. The maximum Gasteiger partial charge on any atom is 0.229 e. The van der Waals surface area contributed by atoms with E-state index in [2.05, 4.69) is 50.2 Å². The van der Waals surface area contributed by atoms with Gasteiger partial charge in [-0.1, -0.05) is 30.7 Å². The predicted molar refractivity (Wildman–Crippen MR) is 141 cm³/mol. The van der Waals surface area contributed by atoms with Crippen LogP contribution in [-0.2, 0) is 4.89 Å². The van der Waals surface area contributed by atoms with Gasteiger partial charge in [0.05, 0.1) is 6.61 Å². The molecule has 2 atom stereocenters. The quantitative estimate of drug-likeness (QED) is 0.125. The highest BCUT2D eigenvalue weighted by atomic mass is 17.2. The van der Waals surface area contributed by atoms with Gasteiger partial charge in [0, 0.05) is 23.5 Å². The molecule has 1 aliphatic rings. The molecule has 1 aliphatic carbocycles. The molecule has 190 valence electrons. The predicted octanol–water partition coefficient (Wildman–Crippen LogP) is 5.26. The fourth-order valence-corrected chi connectivity index (χ4v) is 3.60. The van der Waals surface area contributed by atoms with Gasteiger partial charge in [0.2, 0.25) is 5.95 Å². The monoisotopic (exact) mass is 481 g/mol. The zero-order valence-electron chi connectivity index (χ0n) is 21.3. The number of aromatic nitrogens is 2. The number of nitrogens with zero attached hydrogens (tertiary/aromatic N) is 2. The molecule has 1 aromatic heterocycles. The highest BCUT2D eigenvalue weighted by molar-refractivity contribution is 5.57. The number of aryl methyl sites for hydroxylation is 1.